The highest BCUT2D eigenvalue weighted by molar-refractivity contribution is 7.92. The van der Waals surface area contributed by atoms with E-state index in [1.165, 1.54) is 17.0 Å². The first kappa shape index (κ1) is 24.7. The molecule has 1 amide bonds. The molecule has 31 heavy (non-hydrogen) atoms. The van der Waals surface area contributed by atoms with Crippen molar-refractivity contribution in [2.75, 3.05) is 17.7 Å². The number of hydrogen-bond acceptors (Lipinski definition) is 4. The van der Waals surface area contributed by atoms with E-state index in [-0.39, 0.29) is 17.4 Å². The van der Waals surface area contributed by atoms with E-state index in [2.05, 4.69) is 38.2 Å². The summed E-state index contributed by atoms with van der Waals surface area (Å²) in [5.74, 6) is 0.178. The molecule has 0 heterocycles. The largest absolute Gasteiger partial charge is 0.497 e. The average Bonchev–Trinajstić information content (AvgIpc) is 2.70. The quantitative estimate of drug-likeness (QED) is 0.651. The van der Waals surface area contributed by atoms with E-state index in [1.807, 2.05) is 19.1 Å². The average molecular weight is 447 g/mol. The Hall–Kier alpha value is -2.54. The van der Waals surface area contributed by atoms with Gasteiger partial charge in [-0.1, -0.05) is 58.0 Å². The maximum absolute atomic E-state index is 13.2. The Kier molecular flexibility index (Phi) is 7.76. The second kappa shape index (κ2) is 9.73. The van der Waals surface area contributed by atoms with Crippen molar-refractivity contribution in [1.29, 1.82) is 0 Å². The van der Waals surface area contributed by atoms with Gasteiger partial charge in [0.25, 0.3) is 0 Å². The Morgan fingerprint density at radius 3 is 2.23 bits per heavy atom. The predicted octanol–water partition coefficient (Wildman–Crippen LogP) is 4.41. The van der Waals surface area contributed by atoms with Gasteiger partial charge in [0.1, 0.15) is 11.8 Å². The highest BCUT2D eigenvalue weighted by Crippen LogP contribution is 2.27. The van der Waals surface area contributed by atoms with Crippen molar-refractivity contribution in [3.8, 4) is 5.75 Å². The summed E-state index contributed by atoms with van der Waals surface area (Å²) in [5, 5.41) is 2.98. The van der Waals surface area contributed by atoms with Crippen molar-refractivity contribution in [2.45, 2.75) is 58.5 Å². The van der Waals surface area contributed by atoms with Gasteiger partial charge in [-0.25, -0.2) is 8.42 Å². The summed E-state index contributed by atoms with van der Waals surface area (Å²) < 4.78 is 31.6. The van der Waals surface area contributed by atoms with E-state index in [0.717, 1.165) is 11.8 Å². The summed E-state index contributed by atoms with van der Waals surface area (Å²) in [4.78, 5) is 13.2. The van der Waals surface area contributed by atoms with Gasteiger partial charge in [-0.3, -0.25) is 9.10 Å². The molecular formula is C24H34N2O4S. The third kappa shape index (κ3) is 6.23. The first-order valence-electron chi connectivity index (χ1n) is 10.4. The number of carbonyl (C=O) groups excluding carboxylic acids is 1. The molecule has 0 unspecified atom stereocenters. The Morgan fingerprint density at radius 2 is 1.74 bits per heavy atom. The van der Waals surface area contributed by atoms with Crippen LogP contribution in [-0.2, 0) is 20.2 Å². The van der Waals surface area contributed by atoms with Crippen molar-refractivity contribution in [2.24, 2.45) is 0 Å². The third-order valence-electron chi connectivity index (χ3n) is 5.27. The maximum Gasteiger partial charge on any atom is 0.244 e. The zero-order chi connectivity index (χ0) is 23.4. The number of nitrogens with zero attached hydrogens (tertiary/aromatic N) is 1. The molecule has 0 radical (unpaired) electrons. The van der Waals surface area contributed by atoms with Crippen LogP contribution >= 0.6 is 0 Å². The van der Waals surface area contributed by atoms with Crippen LogP contribution in [0.2, 0.25) is 0 Å². The number of carbonyl (C=O) groups is 1. The van der Waals surface area contributed by atoms with Crippen molar-refractivity contribution in [3.05, 3.63) is 59.7 Å². The molecule has 170 valence electrons. The molecule has 0 saturated heterocycles. The molecule has 0 fully saturated rings. The van der Waals surface area contributed by atoms with Gasteiger partial charge >= 0.3 is 0 Å². The zero-order valence-corrected chi connectivity index (χ0v) is 20.3. The lowest BCUT2D eigenvalue weighted by Crippen LogP contribution is -2.49. The predicted molar refractivity (Wildman–Crippen MR) is 126 cm³/mol. The molecule has 0 aliphatic rings. The van der Waals surface area contributed by atoms with E-state index >= 15 is 0 Å². The summed E-state index contributed by atoms with van der Waals surface area (Å²) in [6.07, 6.45) is 1.43. The number of rotatable bonds is 8. The summed E-state index contributed by atoms with van der Waals surface area (Å²) in [6, 6.07) is 13.7. The van der Waals surface area contributed by atoms with Crippen LogP contribution in [0.3, 0.4) is 0 Å². The summed E-state index contributed by atoms with van der Waals surface area (Å²) in [7, 11) is -2.19. The first-order valence-corrected chi connectivity index (χ1v) is 12.3. The minimum atomic E-state index is -3.70. The van der Waals surface area contributed by atoms with E-state index in [0.29, 0.717) is 17.9 Å². The molecule has 0 saturated carbocycles. The second-order valence-corrected chi connectivity index (χ2v) is 10.6. The van der Waals surface area contributed by atoms with Crippen LogP contribution in [0.15, 0.2) is 48.5 Å². The van der Waals surface area contributed by atoms with Gasteiger partial charge in [-0.15, -0.1) is 0 Å². The lowest BCUT2D eigenvalue weighted by atomic mass is 9.86. The number of amides is 1. The maximum atomic E-state index is 13.2. The van der Waals surface area contributed by atoms with Crippen LogP contribution in [-0.4, -0.2) is 33.7 Å². The standard InChI is InChI=1S/C24H34N2O4S/c1-8-22(26(31(7,28)29)20-10-9-11-21(16-20)30-6)23(27)25-17(2)18-12-14-19(15-13-18)24(3,4)5/h9-17,22H,8H2,1-7H3,(H,25,27)/t17-,22+/m0/s1. The van der Waals surface area contributed by atoms with Gasteiger partial charge in [0.2, 0.25) is 15.9 Å². The Labute approximate surface area is 186 Å². The summed E-state index contributed by atoms with van der Waals surface area (Å²) in [5.41, 5.74) is 2.61. The monoisotopic (exact) mass is 446 g/mol. The van der Waals surface area contributed by atoms with Crippen LogP contribution in [0.4, 0.5) is 5.69 Å². The van der Waals surface area contributed by atoms with Gasteiger partial charge < -0.3 is 10.1 Å². The molecule has 2 aromatic rings. The summed E-state index contributed by atoms with van der Waals surface area (Å²) >= 11 is 0. The van der Waals surface area contributed by atoms with Crippen molar-refractivity contribution in [3.63, 3.8) is 0 Å². The van der Waals surface area contributed by atoms with Gasteiger partial charge in [0.15, 0.2) is 0 Å². The third-order valence-corrected chi connectivity index (χ3v) is 6.45. The Balaban J connectivity index is 2.29. The minimum Gasteiger partial charge on any atom is -0.497 e. The number of sulfonamides is 1. The summed E-state index contributed by atoms with van der Waals surface area (Å²) in [6.45, 7) is 10.1. The zero-order valence-electron chi connectivity index (χ0n) is 19.5. The van der Waals surface area contributed by atoms with E-state index in [9.17, 15) is 13.2 Å². The van der Waals surface area contributed by atoms with Gasteiger partial charge in [0.05, 0.1) is 25.1 Å². The smallest absolute Gasteiger partial charge is 0.244 e. The van der Waals surface area contributed by atoms with E-state index < -0.39 is 16.1 Å². The van der Waals surface area contributed by atoms with Crippen molar-refractivity contribution < 1.29 is 17.9 Å². The fourth-order valence-electron chi connectivity index (χ4n) is 3.47. The molecule has 0 bridgehead atoms. The number of anilines is 1. The Morgan fingerprint density at radius 1 is 1.13 bits per heavy atom. The molecule has 6 nitrogen and oxygen atoms in total. The fraction of sp³-hybridized carbons (Fsp3) is 0.458. The van der Waals surface area contributed by atoms with Crippen LogP contribution < -0.4 is 14.4 Å². The number of methoxy groups -OCH3 is 1. The lowest BCUT2D eigenvalue weighted by Gasteiger charge is -2.31. The highest BCUT2D eigenvalue weighted by Gasteiger charge is 2.32. The molecule has 2 atom stereocenters. The lowest BCUT2D eigenvalue weighted by molar-refractivity contribution is -0.122. The van der Waals surface area contributed by atoms with Crippen LogP contribution in [0.25, 0.3) is 0 Å². The van der Waals surface area contributed by atoms with E-state index in [4.69, 9.17) is 4.74 Å². The van der Waals surface area contributed by atoms with E-state index in [1.54, 1.807) is 31.2 Å². The van der Waals surface area contributed by atoms with Gasteiger partial charge in [-0.2, -0.15) is 0 Å². The van der Waals surface area contributed by atoms with Crippen LogP contribution in [0.1, 0.15) is 58.2 Å². The number of hydrogen-bond donors (Lipinski definition) is 1. The van der Waals surface area contributed by atoms with Crippen LogP contribution in [0.5, 0.6) is 5.75 Å². The molecular weight excluding hydrogens is 412 g/mol. The molecule has 0 aromatic heterocycles. The van der Waals surface area contributed by atoms with Crippen LogP contribution in [0, 0.1) is 0 Å². The number of nitrogens with one attached hydrogen (secondary N) is 1. The Bertz CT molecular complexity index is 995. The number of ether oxygens (including phenoxy) is 1. The van der Waals surface area contributed by atoms with Crippen molar-refractivity contribution >= 4 is 21.6 Å². The second-order valence-electron chi connectivity index (χ2n) is 8.79. The molecule has 1 N–H and O–H groups in total. The molecule has 0 aliphatic carbocycles. The van der Waals surface area contributed by atoms with Crippen molar-refractivity contribution in [1.82, 2.24) is 5.32 Å². The van der Waals surface area contributed by atoms with Gasteiger partial charge in [-0.05, 0) is 42.0 Å². The van der Waals surface area contributed by atoms with Gasteiger partial charge in [0, 0.05) is 6.07 Å². The molecule has 2 aromatic carbocycles. The topological polar surface area (TPSA) is 75.7 Å². The molecule has 0 aliphatic heterocycles. The SMILES string of the molecule is CC[C@H](C(=O)N[C@@H](C)c1ccc(C(C)(C)C)cc1)N(c1cccc(OC)c1)S(C)(=O)=O. The molecule has 0 spiro atoms. The normalized spacial score (nSPS) is 13.9. The highest BCUT2D eigenvalue weighted by atomic mass is 32.2. The number of benzene rings is 2. The fourth-order valence-corrected chi connectivity index (χ4v) is 4.68. The molecule has 2 rings (SSSR count). The molecule has 7 heteroatoms. The first-order chi connectivity index (χ1) is 14.4. The minimum absolute atomic E-state index is 0.0467.